The van der Waals surface area contributed by atoms with Gasteiger partial charge in [0.1, 0.15) is 11.9 Å². The van der Waals surface area contributed by atoms with Gasteiger partial charge in [0, 0.05) is 32.4 Å². The summed E-state index contributed by atoms with van der Waals surface area (Å²) in [5.41, 5.74) is 6.60. The third-order valence-corrected chi connectivity index (χ3v) is 4.04. The second-order valence-electron chi connectivity index (χ2n) is 5.43. The standard InChI is InChI=1S/C17H20N4O/c18-17(22)16(14-6-2-1-3-7-14)21-12-10-20(11-13-21)15-8-4-5-9-19-15/h1-9,16H,10-13H2,(H2,18,22). The summed E-state index contributed by atoms with van der Waals surface area (Å²) < 4.78 is 0. The number of anilines is 1. The lowest BCUT2D eigenvalue weighted by Gasteiger charge is -2.38. The summed E-state index contributed by atoms with van der Waals surface area (Å²) in [6, 6.07) is 15.3. The Morgan fingerprint density at radius 1 is 1.00 bits per heavy atom. The number of pyridine rings is 1. The number of hydrogen-bond donors (Lipinski definition) is 1. The summed E-state index contributed by atoms with van der Waals surface area (Å²) in [6.45, 7) is 3.26. The summed E-state index contributed by atoms with van der Waals surface area (Å²) in [5, 5.41) is 0. The molecule has 1 aromatic carbocycles. The number of nitrogens with zero attached hydrogens (tertiary/aromatic N) is 3. The molecule has 5 nitrogen and oxygen atoms in total. The third kappa shape index (κ3) is 3.09. The number of rotatable bonds is 4. The highest BCUT2D eigenvalue weighted by Gasteiger charge is 2.29. The fourth-order valence-corrected chi connectivity index (χ4v) is 2.94. The minimum absolute atomic E-state index is 0.294. The number of hydrogen-bond acceptors (Lipinski definition) is 4. The van der Waals surface area contributed by atoms with E-state index in [1.165, 1.54) is 0 Å². The van der Waals surface area contributed by atoms with Crippen molar-refractivity contribution in [2.45, 2.75) is 6.04 Å². The highest BCUT2D eigenvalue weighted by Crippen LogP contribution is 2.23. The zero-order chi connectivity index (χ0) is 15.4. The van der Waals surface area contributed by atoms with Crippen LogP contribution in [0.5, 0.6) is 0 Å². The molecule has 2 aromatic rings. The zero-order valence-electron chi connectivity index (χ0n) is 12.4. The van der Waals surface area contributed by atoms with Gasteiger partial charge in [-0.25, -0.2) is 4.98 Å². The van der Waals surface area contributed by atoms with Crippen LogP contribution in [-0.4, -0.2) is 42.0 Å². The summed E-state index contributed by atoms with van der Waals surface area (Å²) in [7, 11) is 0. The number of carbonyl (C=O) groups is 1. The van der Waals surface area contributed by atoms with Crippen LogP contribution >= 0.6 is 0 Å². The lowest BCUT2D eigenvalue weighted by Crippen LogP contribution is -2.50. The molecule has 1 unspecified atom stereocenters. The molecule has 1 aliphatic rings. The Morgan fingerprint density at radius 2 is 1.68 bits per heavy atom. The van der Waals surface area contributed by atoms with Crippen molar-refractivity contribution in [2.75, 3.05) is 31.1 Å². The average Bonchev–Trinajstić information content (AvgIpc) is 2.57. The number of benzene rings is 1. The van der Waals surface area contributed by atoms with Crippen molar-refractivity contribution >= 4 is 11.7 Å². The number of aromatic nitrogens is 1. The van der Waals surface area contributed by atoms with Gasteiger partial charge >= 0.3 is 0 Å². The van der Waals surface area contributed by atoms with Gasteiger partial charge in [0.2, 0.25) is 5.91 Å². The van der Waals surface area contributed by atoms with E-state index < -0.39 is 0 Å². The molecule has 3 rings (SSSR count). The molecule has 5 heteroatoms. The van der Waals surface area contributed by atoms with Crippen LogP contribution in [-0.2, 0) is 4.79 Å². The topological polar surface area (TPSA) is 62.5 Å². The first-order valence-corrected chi connectivity index (χ1v) is 7.50. The van der Waals surface area contributed by atoms with Gasteiger partial charge in [-0.3, -0.25) is 9.69 Å². The molecule has 0 spiro atoms. The molecule has 1 amide bonds. The molecule has 1 aliphatic heterocycles. The number of primary amides is 1. The number of piperazine rings is 1. The van der Waals surface area contributed by atoms with Gasteiger partial charge < -0.3 is 10.6 Å². The molecule has 1 atom stereocenters. The first-order valence-electron chi connectivity index (χ1n) is 7.50. The molecule has 114 valence electrons. The molecule has 0 aliphatic carbocycles. The number of amides is 1. The van der Waals surface area contributed by atoms with Crippen LogP contribution in [0.1, 0.15) is 11.6 Å². The van der Waals surface area contributed by atoms with Gasteiger partial charge in [0.05, 0.1) is 0 Å². The maximum Gasteiger partial charge on any atom is 0.239 e. The molecule has 1 saturated heterocycles. The van der Waals surface area contributed by atoms with Crippen molar-refractivity contribution in [1.29, 1.82) is 0 Å². The van der Waals surface area contributed by atoms with E-state index in [-0.39, 0.29) is 11.9 Å². The maximum atomic E-state index is 11.9. The Kier molecular flexibility index (Phi) is 4.34. The maximum absolute atomic E-state index is 11.9. The Morgan fingerprint density at radius 3 is 2.27 bits per heavy atom. The zero-order valence-corrected chi connectivity index (χ0v) is 12.4. The number of carbonyl (C=O) groups excluding carboxylic acids is 1. The lowest BCUT2D eigenvalue weighted by atomic mass is 10.0. The minimum atomic E-state index is -0.355. The van der Waals surface area contributed by atoms with E-state index in [0.717, 1.165) is 37.6 Å². The Labute approximate surface area is 130 Å². The van der Waals surface area contributed by atoms with Gasteiger partial charge in [-0.05, 0) is 17.7 Å². The highest BCUT2D eigenvalue weighted by molar-refractivity contribution is 5.81. The van der Waals surface area contributed by atoms with E-state index in [2.05, 4.69) is 14.8 Å². The molecular weight excluding hydrogens is 276 g/mol. The van der Waals surface area contributed by atoms with Crippen molar-refractivity contribution in [3.63, 3.8) is 0 Å². The molecule has 1 fully saturated rings. The normalized spacial score (nSPS) is 17.2. The molecule has 0 radical (unpaired) electrons. The second kappa shape index (κ2) is 6.58. The van der Waals surface area contributed by atoms with Crippen LogP contribution in [0, 0.1) is 0 Å². The Bertz CT molecular complexity index is 609. The van der Waals surface area contributed by atoms with Crippen molar-refractivity contribution < 1.29 is 4.79 Å². The summed E-state index contributed by atoms with van der Waals surface area (Å²) >= 11 is 0. The first-order chi connectivity index (χ1) is 10.8. The molecule has 2 heterocycles. The number of nitrogens with two attached hydrogens (primary N) is 1. The quantitative estimate of drug-likeness (QED) is 0.927. The van der Waals surface area contributed by atoms with E-state index >= 15 is 0 Å². The van der Waals surface area contributed by atoms with Crippen LogP contribution in [0.3, 0.4) is 0 Å². The van der Waals surface area contributed by atoms with Gasteiger partial charge in [-0.1, -0.05) is 36.4 Å². The second-order valence-corrected chi connectivity index (χ2v) is 5.43. The molecule has 2 N–H and O–H groups in total. The first kappa shape index (κ1) is 14.5. The summed E-state index contributed by atoms with van der Waals surface area (Å²) in [5.74, 6) is 0.690. The Balaban J connectivity index is 1.70. The summed E-state index contributed by atoms with van der Waals surface area (Å²) in [6.07, 6.45) is 1.80. The molecule has 0 bridgehead atoms. The fourth-order valence-electron chi connectivity index (χ4n) is 2.94. The van der Waals surface area contributed by atoms with Crippen molar-refractivity contribution in [1.82, 2.24) is 9.88 Å². The van der Waals surface area contributed by atoms with Gasteiger partial charge in [0.15, 0.2) is 0 Å². The molecule has 1 aromatic heterocycles. The minimum Gasteiger partial charge on any atom is -0.368 e. The van der Waals surface area contributed by atoms with E-state index in [4.69, 9.17) is 5.73 Å². The predicted octanol–water partition coefficient (Wildman–Crippen LogP) is 1.43. The van der Waals surface area contributed by atoms with Crippen LogP contribution < -0.4 is 10.6 Å². The SMILES string of the molecule is NC(=O)C(c1ccccc1)N1CCN(c2ccccn2)CC1. The van der Waals surface area contributed by atoms with E-state index in [9.17, 15) is 4.79 Å². The van der Waals surface area contributed by atoms with E-state index in [1.807, 2.05) is 48.5 Å². The highest BCUT2D eigenvalue weighted by atomic mass is 16.1. The smallest absolute Gasteiger partial charge is 0.239 e. The van der Waals surface area contributed by atoms with Crippen LogP contribution in [0.25, 0.3) is 0 Å². The van der Waals surface area contributed by atoms with E-state index in [0.29, 0.717) is 0 Å². The van der Waals surface area contributed by atoms with Crippen LogP contribution in [0.15, 0.2) is 54.7 Å². The average molecular weight is 296 g/mol. The van der Waals surface area contributed by atoms with Gasteiger partial charge in [-0.15, -0.1) is 0 Å². The van der Waals surface area contributed by atoms with Crippen LogP contribution in [0.4, 0.5) is 5.82 Å². The summed E-state index contributed by atoms with van der Waals surface area (Å²) in [4.78, 5) is 20.7. The third-order valence-electron chi connectivity index (χ3n) is 4.04. The molecule has 22 heavy (non-hydrogen) atoms. The van der Waals surface area contributed by atoms with Crippen molar-refractivity contribution in [2.24, 2.45) is 5.73 Å². The monoisotopic (exact) mass is 296 g/mol. The molecule has 0 saturated carbocycles. The van der Waals surface area contributed by atoms with Gasteiger partial charge in [-0.2, -0.15) is 0 Å². The largest absolute Gasteiger partial charge is 0.368 e. The lowest BCUT2D eigenvalue weighted by molar-refractivity contribution is -0.123. The van der Waals surface area contributed by atoms with E-state index in [1.54, 1.807) is 6.20 Å². The van der Waals surface area contributed by atoms with Crippen molar-refractivity contribution in [3.8, 4) is 0 Å². The van der Waals surface area contributed by atoms with Crippen LogP contribution in [0.2, 0.25) is 0 Å². The van der Waals surface area contributed by atoms with Crippen molar-refractivity contribution in [3.05, 3.63) is 60.3 Å². The molecular formula is C17H20N4O. The Hall–Kier alpha value is -2.40. The fraction of sp³-hybridized carbons (Fsp3) is 0.294. The predicted molar refractivity (Wildman–Crippen MR) is 86.4 cm³/mol. The van der Waals surface area contributed by atoms with Gasteiger partial charge in [0.25, 0.3) is 0 Å².